The molecule has 1 unspecified atom stereocenters. The number of amides is 1. The molecule has 1 fully saturated rings. The zero-order valence-corrected chi connectivity index (χ0v) is 14.9. The number of rotatable bonds is 5. The average Bonchev–Trinajstić information content (AvgIpc) is 3.08. The van der Waals surface area contributed by atoms with E-state index < -0.39 is 6.10 Å². The van der Waals surface area contributed by atoms with Gasteiger partial charge in [0, 0.05) is 37.8 Å². The number of carbonyl (C=O) groups is 1. The molecule has 1 saturated heterocycles. The minimum Gasteiger partial charge on any atom is -0.393 e. The van der Waals surface area contributed by atoms with E-state index in [1.165, 1.54) is 0 Å². The van der Waals surface area contributed by atoms with E-state index in [2.05, 4.69) is 16.4 Å². The van der Waals surface area contributed by atoms with Crippen LogP contribution in [0.3, 0.4) is 0 Å². The molecule has 3 rings (SSSR count). The second-order valence-corrected chi connectivity index (χ2v) is 6.91. The van der Waals surface area contributed by atoms with Crippen LogP contribution in [-0.2, 0) is 13.0 Å². The van der Waals surface area contributed by atoms with E-state index in [-0.39, 0.29) is 5.91 Å². The molecule has 2 aromatic rings. The summed E-state index contributed by atoms with van der Waals surface area (Å²) in [6.07, 6.45) is 3.80. The SMILES string of the molecule is CC(O)Cc1cn(CC2CCN(C(=O)c3cccc(C#N)c3)CC2)nn1. The molecule has 1 aliphatic heterocycles. The number of aliphatic hydroxyl groups excluding tert-OH is 1. The molecule has 7 heteroatoms. The molecule has 7 nitrogen and oxygen atoms in total. The third-order valence-electron chi connectivity index (χ3n) is 4.68. The van der Waals surface area contributed by atoms with Crippen LogP contribution in [-0.4, -0.2) is 50.1 Å². The molecule has 1 atom stereocenters. The van der Waals surface area contributed by atoms with Crippen LogP contribution in [0.5, 0.6) is 0 Å². The standard InChI is InChI=1S/C19H23N5O2/c1-14(25)9-18-13-24(22-21-18)12-15-5-7-23(8-6-15)19(26)17-4-2-3-16(10-17)11-20/h2-4,10,13-15,25H,5-9,12H2,1H3. The fourth-order valence-electron chi connectivity index (χ4n) is 3.31. The van der Waals surface area contributed by atoms with Crippen molar-refractivity contribution >= 4 is 5.91 Å². The Labute approximate surface area is 152 Å². The predicted octanol–water partition coefficient (Wildman–Crippen LogP) is 1.63. The highest BCUT2D eigenvalue weighted by molar-refractivity contribution is 5.94. The van der Waals surface area contributed by atoms with Crippen LogP contribution in [0.15, 0.2) is 30.5 Å². The van der Waals surface area contributed by atoms with Crippen LogP contribution in [0.1, 0.15) is 41.4 Å². The number of nitriles is 1. The molecule has 26 heavy (non-hydrogen) atoms. The Morgan fingerprint density at radius 3 is 2.88 bits per heavy atom. The Morgan fingerprint density at radius 2 is 2.19 bits per heavy atom. The molecule has 1 amide bonds. The van der Waals surface area contributed by atoms with Gasteiger partial charge in [-0.1, -0.05) is 11.3 Å². The Kier molecular flexibility index (Phi) is 5.64. The first-order valence-corrected chi connectivity index (χ1v) is 8.91. The number of carbonyl (C=O) groups excluding carboxylic acids is 1. The molecule has 136 valence electrons. The summed E-state index contributed by atoms with van der Waals surface area (Å²) in [7, 11) is 0. The maximum atomic E-state index is 12.6. The van der Waals surface area contributed by atoms with Crippen molar-refractivity contribution in [3.8, 4) is 6.07 Å². The van der Waals surface area contributed by atoms with Crippen LogP contribution >= 0.6 is 0 Å². The molecule has 0 aliphatic carbocycles. The zero-order valence-electron chi connectivity index (χ0n) is 14.9. The van der Waals surface area contributed by atoms with Crippen molar-refractivity contribution < 1.29 is 9.90 Å². The number of hydrogen-bond donors (Lipinski definition) is 1. The number of benzene rings is 1. The topological polar surface area (TPSA) is 95.0 Å². The Morgan fingerprint density at radius 1 is 1.42 bits per heavy atom. The fourth-order valence-corrected chi connectivity index (χ4v) is 3.31. The summed E-state index contributed by atoms with van der Waals surface area (Å²) in [5.74, 6) is 0.436. The summed E-state index contributed by atoms with van der Waals surface area (Å²) in [5.41, 5.74) is 1.87. The monoisotopic (exact) mass is 353 g/mol. The quantitative estimate of drug-likeness (QED) is 0.881. The first kappa shape index (κ1) is 18.1. The second-order valence-electron chi connectivity index (χ2n) is 6.91. The molecular weight excluding hydrogens is 330 g/mol. The first-order valence-electron chi connectivity index (χ1n) is 8.91. The summed E-state index contributed by atoms with van der Waals surface area (Å²) in [6, 6.07) is 8.92. The van der Waals surface area contributed by atoms with Gasteiger partial charge in [-0.2, -0.15) is 5.26 Å². The van der Waals surface area contributed by atoms with E-state index in [0.717, 1.165) is 25.1 Å². The van der Waals surface area contributed by atoms with Gasteiger partial charge in [0.1, 0.15) is 0 Å². The molecule has 1 aromatic carbocycles. The van der Waals surface area contributed by atoms with Crippen molar-refractivity contribution in [3.63, 3.8) is 0 Å². The summed E-state index contributed by atoms with van der Waals surface area (Å²) in [6.45, 7) is 3.92. The largest absolute Gasteiger partial charge is 0.393 e. The van der Waals surface area contributed by atoms with Gasteiger partial charge in [-0.3, -0.25) is 9.48 Å². The number of aromatic nitrogens is 3. The van der Waals surface area contributed by atoms with E-state index >= 15 is 0 Å². The van der Waals surface area contributed by atoms with Gasteiger partial charge < -0.3 is 10.0 Å². The zero-order chi connectivity index (χ0) is 18.5. The van der Waals surface area contributed by atoms with Crippen LogP contribution in [0, 0.1) is 17.2 Å². The van der Waals surface area contributed by atoms with Crippen LogP contribution in [0.25, 0.3) is 0 Å². The highest BCUT2D eigenvalue weighted by atomic mass is 16.3. The third-order valence-corrected chi connectivity index (χ3v) is 4.68. The van der Waals surface area contributed by atoms with Gasteiger partial charge in [-0.05, 0) is 43.9 Å². The van der Waals surface area contributed by atoms with Gasteiger partial charge in [0.15, 0.2) is 0 Å². The highest BCUT2D eigenvalue weighted by Crippen LogP contribution is 2.21. The van der Waals surface area contributed by atoms with Gasteiger partial charge in [0.05, 0.1) is 23.4 Å². The smallest absolute Gasteiger partial charge is 0.253 e. The first-order chi connectivity index (χ1) is 12.5. The van der Waals surface area contributed by atoms with Crippen LogP contribution in [0.4, 0.5) is 0 Å². The van der Waals surface area contributed by atoms with Gasteiger partial charge in [0.25, 0.3) is 5.91 Å². The molecule has 0 saturated carbocycles. The Balaban J connectivity index is 1.53. The van der Waals surface area contributed by atoms with Crippen molar-refractivity contribution in [2.24, 2.45) is 5.92 Å². The van der Waals surface area contributed by atoms with Crippen molar-refractivity contribution in [1.29, 1.82) is 5.26 Å². The van der Waals surface area contributed by atoms with E-state index in [4.69, 9.17) is 5.26 Å². The second kappa shape index (κ2) is 8.11. The number of nitrogens with zero attached hydrogens (tertiary/aromatic N) is 5. The molecule has 0 radical (unpaired) electrons. The minimum absolute atomic E-state index is 0.0134. The van der Waals surface area contributed by atoms with Crippen molar-refractivity contribution in [2.45, 2.75) is 38.8 Å². The van der Waals surface area contributed by atoms with Crippen LogP contribution < -0.4 is 0 Å². The van der Waals surface area contributed by atoms with Gasteiger partial charge >= 0.3 is 0 Å². The minimum atomic E-state index is -0.422. The van der Waals surface area contributed by atoms with Crippen molar-refractivity contribution in [1.82, 2.24) is 19.9 Å². The number of piperidine rings is 1. The van der Waals surface area contributed by atoms with Gasteiger partial charge in [-0.15, -0.1) is 5.10 Å². The molecule has 2 heterocycles. The maximum Gasteiger partial charge on any atom is 0.253 e. The Hall–Kier alpha value is -2.72. The van der Waals surface area contributed by atoms with Crippen LogP contribution in [0.2, 0.25) is 0 Å². The normalized spacial score (nSPS) is 16.3. The summed E-state index contributed by atoms with van der Waals surface area (Å²) < 4.78 is 1.83. The maximum absolute atomic E-state index is 12.6. The summed E-state index contributed by atoms with van der Waals surface area (Å²) >= 11 is 0. The lowest BCUT2D eigenvalue weighted by Gasteiger charge is -2.32. The molecule has 1 aromatic heterocycles. The van der Waals surface area contributed by atoms with Crippen molar-refractivity contribution in [3.05, 3.63) is 47.3 Å². The van der Waals surface area contributed by atoms with Gasteiger partial charge in [0.2, 0.25) is 0 Å². The van der Waals surface area contributed by atoms with Crippen molar-refractivity contribution in [2.75, 3.05) is 13.1 Å². The number of hydrogen-bond acceptors (Lipinski definition) is 5. The van der Waals surface area contributed by atoms with E-state index in [9.17, 15) is 9.90 Å². The van der Waals surface area contributed by atoms with E-state index in [1.54, 1.807) is 31.2 Å². The number of likely N-dealkylation sites (tertiary alicyclic amines) is 1. The third kappa shape index (κ3) is 4.46. The lowest BCUT2D eigenvalue weighted by atomic mass is 9.96. The van der Waals surface area contributed by atoms with Gasteiger partial charge in [-0.25, -0.2) is 0 Å². The lowest BCUT2D eigenvalue weighted by Crippen LogP contribution is -2.39. The lowest BCUT2D eigenvalue weighted by molar-refractivity contribution is 0.0681. The molecule has 1 N–H and O–H groups in total. The predicted molar refractivity (Wildman–Crippen MR) is 95.2 cm³/mol. The molecule has 0 bridgehead atoms. The van der Waals surface area contributed by atoms with E-state index in [1.807, 2.05) is 15.8 Å². The summed E-state index contributed by atoms with van der Waals surface area (Å²) in [4.78, 5) is 14.5. The number of aliphatic hydroxyl groups is 1. The molecular formula is C19H23N5O2. The fraction of sp³-hybridized carbons (Fsp3) is 0.474. The van der Waals surface area contributed by atoms with E-state index in [0.29, 0.717) is 36.6 Å². The Bertz CT molecular complexity index is 800. The highest BCUT2D eigenvalue weighted by Gasteiger charge is 2.24. The molecule has 0 spiro atoms. The molecule has 1 aliphatic rings. The average molecular weight is 353 g/mol. The summed E-state index contributed by atoms with van der Waals surface area (Å²) in [5, 5.41) is 26.6.